The molecule has 150 valence electrons. The maximum absolute atomic E-state index is 13.4. The molecule has 2 aliphatic rings. The normalized spacial score (nSPS) is 23.2. The maximum Gasteiger partial charge on any atom is 0.266 e. The molecule has 3 atom stereocenters. The summed E-state index contributed by atoms with van der Waals surface area (Å²) in [5.41, 5.74) is 1.81. The van der Waals surface area contributed by atoms with E-state index in [1.54, 1.807) is 23.3 Å². The van der Waals surface area contributed by atoms with Crippen LogP contribution in [-0.4, -0.2) is 17.9 Å². The molecule has 0 N–H and O–H groups in total. The Morgan fingerprint density at radius 3 is 2.27 bits per heavy atom. The van der Waals surface area contributed by atoms with E-state index < -0.39 is 29.8 Å². The molecule has 5 nitrogen and oxygen atoms in total. The van der Waals surface area contributed by atoms with Gasteiger partial charge in [-0.25, -0.2) is 14.4 Å². The third-order valence-electron chi connectivity index (χ3n) is 5.40. The van der Waals surface area contributed by atoms with Crippen molar-refractivity contribution < 1.29 is 18.8 Å². The highest BCUT2D eigenvalue weighted by Crippen LogP contribution is 2.47. The smallest absolute Gasteiger partial charge is 0.266 e. The molecule has 0 unspecified atom stereocenters. The topological polar surface area (TPSA) is 49.9 Å². The quantitative estimate of drug-likeness (QED) is 0.582. The van der Waals surface area contributed by atoms with Crippen molar-refractivity contribution in [3.8, 4) is 0 Å². The van der Waals surface area contributed by atoms with E-state index in [9.17, 15) is 14.0 Å². The van der Waals surface area contributed by atoms with Gasteiger partial charge in [-0.15, -0.1) is 0 Å². The molecule has 5 rings (SSSR count). The molecule has 0 radical (unpaired) electrons. The van der Waals surface area contributed by atoms with E-state index in [4.69, 9.17) is 16.4 Å². The number of amides is 2. The van der Waals surface area contributed by atoms with Gasteiger partial charge in [-0.1, -0.05) is 41.9 Å². The molecule has 3 aromatic rings. The summed E-state index contributed by atoms with van der Waals surface area (Å²) in [6, 6.07) is 21.2. The average Bonchev–Trinajstić information content (AvgIpc) is 3.26. The van der Waals surface area contributed by atoms with Crippen LogP contribution in [0.25, 0.3) is 0 Å². The van der Waals surface area contributed by atoms with Crippen molar-refractivity contribution >= 4 is 34.8 Å². The number of benzene rings is 3. The molecular weight excluding hydrogens is 407 g/mol. The fourth-order valence-electron chi connectivity index (χ4n) is 4.09. The standard InChI is InChI=1S/C23H16ClFN2O3/c24-15-6-4-5-14(13-15)20-19-21(30-27(20)18-7-2-1-3-8-18)23(29)26(22(19)28)17-11-9-16(25)10-12-17/h1-13,19-21H/t19-,20-,21+/m0/s1. The second kappa shape index (κ2) is 7.23. The van der Waals surface area contributed by atoms with Crippen molar-refractivity contribution in [2.24, 2.45) is 5.92 Å². The van der Waals surface area contributed by atoms with Crippen LogP contribution in [0.2, 0.25) is 5.02 Å². The summed E-state index contributed by atoms with van der Waals surface area (Å²) in [7, 11) is 0. The molecule has 7 heteroatoms. The number of anilines is 2. The van der Waals surface area contributed by atoms with Crippen LogP contribution in [-0.2, 0) is 14.4 Å². The van der Waals surface area contributed by atoms with Crippen molar-refractivity contribution in [1.82, 2.24) is 0 Å². The molecule has 2 fully saturated rings. The second-order valence-electron chi connectivity index (χ2n) is 7.20. The van der Waals surface area contributed by atoms with Gasteiger partial charge in [0.05, 0.1) is 17.4 Å². The molecule has 3 aromatic carbocycles. The first-order valence-electron chi connectivity index (χ1n) is 9.44. The highest BCUT2D eigenvalue weighted by molar-refractivity contribution is 6.30. The molecule has 0 saturated carbocycles. The van der Waals surface area contributed by atoms with E-state index in [1.807, 2.05) is 36.4 Å². The van der Waals surface area contributed by atoms with Gasteiger partial charge in [-0.2, -0.15) is 0 Å². The number of carbonyl (C=O) groups excluding carboxylic acids is 2. The fourth-order valence-corrected chi connectivity index (χ4v) is 4.29. The lowest BCUT2D eigenvalue weighted by atomic mass is 9.90. The minimum absolute atomic E-state index is 0.320. The summed E-state index contributed by atoms with van der Waals surface area (Å²) in [4.78, 5) is 33.7. The summed E-state index contributed by atoms with van der Waals surface area (Å²) < 4.78 is 13.3. The zero-order chi connectivity index (χ0) is 20.8. The number of hydroxylamine groups is 1. The highest BCUT2D eigenvalue weighted by atomic mass is 35.5. The van der Waals surface area contributed by atoms with Gasteiger partial charge < -0.3 is 0 Å². The Morgan fingerprint density at radius 2 is 1.57 bits per heavy atom. The average molecular weight is 423 g/mol. The summed E-state index contributed by atoms with van der Waals surface area (Å²) in [5, 5.41) is 2.13. The molecule has 0 bridgehead atoms. The number of fused-ring (bicyclic) bond motifs is 1. The largest absolute Gasteiger partial charge is 0.273 e. The minimum atomic E-state index is -0.980. The molecular formula is C23H16ClFN2O3. The van der Waals surface area contributed by atoms with E-state index in [0.29, 0.717) is 10.7 Å². The number of hydrogen-bond acceptors (Lipinski definition) is 4. The number of imide groups is 1. The number of hydrogen-bond donors (Lipinski definition) is 0. The summed E-state index contributed by atoms with van der Waals surface area (Å²) in [6.07, 6.45) is -0.980. The van der Waals surface area contributed by atoms with Gasteiger partial charge in [0.15, 0.2) is 6.10 Å². The van der Waals surface area contributed by atoms with Gasteiger partial charge in [-0.05, 0) is 54.1 Å². The number of rotatable bonds is 3. The van der Waals surface area contributed by atoms with Gasteiger partial charge in [0.25, 0.3) is 5.91 Å². The van der Waals surface area contributed by atoms with Crippen LogP contribution in [0.5, 0.6) is 0 Å². The van der Waals surface area contributed by atoms with Crippen LogP contribution in [0.4, 0.5) is 15.8 Å². The first kappa shape index (κ1) is 18.8. The number of nitrogens with zero attached hydrogens (tertiary/aromatic N) is 2. The monoisotopic (exact) mass is 422 g/mol. The van der Waals surface area contributed by atoms with Crippen molar-refractivity contribution in [2.75, 3.05) is 9.96 Å². The lowest BCUT2D eigenvalue weighted by Gasteiger charge is -2.28. The SMILES string of the molecule is O=C1[C@@H]2[C@@H](ON(c3ccccc3)[C@H]2c2cccc(Cl)c2)C(=O)N1c1ccc(F)cc1. The third-order valence-corrected chi connectivity index (χ3v) is 5.64. The summed E-state index contributed by atoms with van der Waals surface area (Å²) in [6.45, 7) is 0. The number of carbonyl (C=O) groups is 2. The van der Waals surface area contributed by atoms with Gasteiger partial charge in [0, 0.05) is 5.02 Å². The number of halogens is 2. The first-order valence-corrected chi connectivity index (χ1v) is 9.82. The van der Waals surface area contributed by atoms with Crippen molar-refractivity contribution in [2.45, 2.75) is 12.1 Å². The van der Waals surface area contributed by atoms with E-state index in [1.165, 1.54) is 24.3 Å². The Balaban J connectivity index is 1.59. The molecule has 30 heavy (non-hydrogen) atoms. The van der Waals surface area contributed by atoms with E-state index in [0.717, 1.165) is 16.2 Å². The molecule has 2 saturated heterocycles. The molecule has 2 heterocycles. The van der Waals surface area contributed by atoms with Crippen molar-refractivity contribution in [1.29, 1.82) is 0 Å². The molecule has 0 aliphatic carbocycles. The van der Waals surface area contributed by atoms with Crippen LogP contribution in [0.1, 0.15) is 11.6 Å². The van der Waals surface area contributed by atoms with Crippen LogP contribution in [0, 0.1) is 11.7 Å². The van der Waals surface area contributed by atoms with E-state index in [2.05, 4.69) is 0 Å². The first-order chi connectivity index (χ1) is 14.5. The lowest BCUT2D eigenvalue weighted by molar-refractivity contribution is -0.126. The van der Waals surface area contributed by atoms with Crippen LogP contribution in [0.15, 0.2) is 78.9 Å². The van der Waals surface area contributed by atoms with Gasteiger partial charge >= 0.3 is 0 Å². The van der Waals surface area contributed by atoms with E-state index >= 15 is 0 Å². The van der Waals surface area contributed by atoms with Crippen molar-refractivity contribution in [3.63, 3.8) is 0 Å². The van der Waals surface area contributed by atoms with Crippen LogP contribution >= 0.6 is 11.6 Å². The zero-order valence-electron chi connectivity index (χ0n) is 15.6. The Morgan fingerprint density at radius 1 is 0.833 bits per heavy atom. The predicted octanol–water partition coefficient (Wildman–Crippen LogP) is 4.53. The van der Waals surface area contributed by atoms with Gasteiger partial charge in [0.1, 0.15) is 11.7 Å². The molecule has 2 amide bonds. The second-order valence-corrected chi connectivity index (χ2v) is 7.64. The number of para-hydroxylation sites is 1. The molecule has 2 aliphatic heterocycles. The maximum atomic E-state index is 13.4. The molecule has 0 spiro atoms. The zero-order valence-corrected chi connectivity index (χ0v) is 16.4. The Labute approximate surface area is 177 Å². The predicted molar refractivity (Wildman–Crippen MR) is 110 cm³/mol. The van der Waals surface area contributed by atoms with E-state index in [-0.39, 0.29) is 5.91 Å². The van der Waals surface area contributed by atoms with Gasteiger partial charge in [-0.3, -0.25) is 14.4 Å². The highest BCUT2D eigenvalue weighted by Gasteiger charge is 2.60. The Bertz CT molecular complexity index is 1120. The Kier molecular flexibility index (Phi) is 4.53. The minimum Gasteiger partial charge on any atom is -0.273 e. The van der Waals surface area contributed by atoms with Crippen molar-refractivity contribution in [3.05, 3.63) is 95.3 Å². The molecule has 0 aromatic heterocycles. The van der Waals surface area contributed by atoms with Crippen LogP contribution in [0.3, 0.4) is 0 Å². The Hall–Kier alpha value is -3.22. The summed E-state index contributed by atoms with van der Waals surface area (Å²) >= 11 is 6.21. The van der Waals surface area contributed by atoms with Crippen LogP contribution < -0.4 is 9.96 Å². The summed E-state index contributed by atoms with van der Waals surface area (Å²) in [5.74, 6) is -2.07. The van der Waals surface area contributed by atoms with Gasteiger partial charge in [0.2, 0.25) is 5.91 Å². The third kappa shape index (κ3) is 2.96. The lowest BCUT2D eigenvalue weighted by Crippen LogP contribution is -2.37. The fraction of sp³-hybridized carbons (Fsp3) is 0.130.